The zero-order valence-corrected chi connectivity index (χ0v) is 12.6. The van der Waals surface area contributed by atoms with Crippen LogP contribution < -0.4 is 10.1 Å². The molecule has 0 radical (unpaired) electrons. The summed E-state index contributed by atoms with van der Waals surface area (Å²) in [5.41, 5.74) is 0.381. The molecule has 1 aromatic heterocycles. The highest BCUT2D eigenvalue weighted by atomic mass is 16.5. The molecule has 6 heteroatoms. The largest absolute Gasteiger partial charge is 0.497 e. The van der Waals surface area contributed by atoms with Gasteiger partial charge in [0, 0.05) is 11.0 Å². The van der Waals surface area contributed by atoms with Gasteiger partial charge in [-0.05, 0) is 24.3 Å². The fourth-order valence-electron chi connectivity index (χ4n) is 1.61. The van der Waals surface area contributed by atoms with Crippen LogP contribution in [0.2, 0.25) is 0 Å². The number of carbonyl (C=O) groups excluding carboxylic acids is 1. The minimum atomic E-state index is -0.446. The molecule has 1 heterocycles. The Labute approximate surface area is 123 Å². The van der Waals surface area contributed by atoms with Crippen LogP contribution in [-0.4, -0.2) is 23.2 Å². The smallest absolute Gasteiger partial charge is 0.246 e. The van der Waals surface area contributed by atoms with Crippen molar-refractivity contribution in [2.24, 2.45) is 5.41 Å². The average molecular weight is 289 g/mol. The lowest BCUT2D eigenvalue weighted by Gasteiger charge is -2.16. The first kappa shape index (κ1) is 15.0. The van der Waals surface area contributed by atoms with Crippen molar-refractivity contribution in [1.82, 2.24) is 15.5 Å². The van der Waals surface area contributed by atoms with Crippen LogP contribution in [0.25, 0.3) is 11.4 Å². The highest BCUT2D eigenvalue weighted by molar-refractivity contribution is 5.81. The maximum absolute atomic E-state index is 11.8. The summed E-state index contributed by atoms with van der Waals surface area (Å²) in [5, 5.41) is 6.67. The van der Waals surface area contributed by atoms with E-state index in [4.69, 9.17) is 9.26 Å². The number of nitrogens with zero attached hydrogens (tertiary/aromatic N) is 2. The minimum Gasteiger partial charge on any atom is -0.497 e. The molecule has 0 saturated carbocycles. The van der Waals surface area contributed by atoms with Crippen molar-refractivity contribution in [3.63, 3.8) is 0 Å². The van der Waals surface area contributed by atoms with Crippen LogP contribution in [0.1, 0.15) is 26.7 Å². The van der Waals surface area contributed by atoms with E-state index in [1.54, 1.807) is 7.11 Å². The molecule has 0 spiro atoms. The van der Waals surface area contributed by atoms with Gasteiger partial charge < -0.3 is 14.6 Å². The Morgan fingerprint density at radius 1 is 1.29 bits per heavy atom. The van der Waals surface area contributed by atoms with Crippen molar-refractivity contribution in [3.05, 3.63) is 30.2 Å². The Morgan fingerprint density at radius 2 is 1.95 bits per heavy atom. The molecule has 21 heavy (non-hydrogen) atoms. The lowest BCUT2D eigenvalue weighted by atomic mass is 9.96. The van der Waals surface area contributed by atoms with Gasteiger partial charge in [0.25, 0.3) is 0 Å². The molecule has 0 aliphatic rings. The SMILES string of the molecule is COc1ccc(-c2noc(CNC(=O)C(C)(C)C)n2)cc1. The quantitative estimate of drug-likeness (QED) is 0.935. The number of nitrogens with one attached hydrogen (secondary N) is 1. The van der Waals surface area contributed by atoms with Crippen molar-refractivity contribution in [2.45, 2.75) is 27.3 Å². The van der Waals surface area contributed by atoms with Crippen LogP contribution in [0.15, 0.2) is 28.8 Å². The van der Waals surface area contributed by atoms with Gasteiger partial charge in [-0.3, -0.25) is 4.79 Å². The first-order chi connectivity index (χ1) is 9.90. The normalized spacial score (nSPS) is 11.2. The van der Waals surface area contributed by atoms with Crippen LogP contribution in [0.5, 0.6) is 5.75 Å². The highest BCUT2D eigenvalue weighted by Crippen LogP contribution is 2.19. The van der Waals surface area contributed by atoms with E-state index in [2.05, 4.69) is 15.5 Å². The van der Waals surface area contributed by atoms with Crippen molar-refractivity contribution in [2.75, 3.05) is 7.11 Å². The summed E-state index contributed by atoms with van der Waals surface area (Å²) < 4.78 is 10.2. The number of aromatic nitrogens is 2. The van der Waals surface area contributed by atoms with Gasteiger partial charge in [0.1, 0.15) is 5.75 Å². The fourth-order valence-corrected chi connectivity index (χ4v) is 1.61. The molecular weight excluding hydrogens is 270 g/mol. The van der Waals surface area contributed by atoms with E-state index in [-0.39, 0.29) is 12.5 Å². The molecule has 0 unspecified atom stereocenters. The standard InChI is InChI=1S/C15H19N3O3/c1-15(2,3)14(19)16-9-12-17-13(18-21-12)10-5-7-11(20-4)8-6-10/h5-8H,9H2,1-4H3,(H,16,19). The first-order valence-corrected chi connectivity index (χ1v) is 6.65. The lowest BCUT2D eigenvalue weighted by Crippen LogP contribution is -2.34. The zero-order valence-electron chi connectivity index (χ0n) is 12.6. The molecule has 6 nitrogen and oxygen atoms in total. The van der Waals surface area contributed by atoms with Gasteiger partial charge in [0.05, 0.1) is 13.7 Å². The van der Waals surface area contributed by atoms with E-state index in [1.165, 1.54) is 0 Å². The number of hydrogen-bond acceptors (Lipinski definition) is 5. The van der Waals surface area contributed by atoms with Crippen molar-refractivity contribution < 1.29 is 14.1 Å². The van der Waals surface area contributed by atoms with E-state index in [0.717, 1.165) is 11.3 Å². The zero-order chi connectivity index (χ0) is 15.5. The number of ether oxygens (including phenoxy) is 1. The van der Waals surface area contributed by atoms with Crippen molar-refractivity contribution >= 4 is 5.91 Å². The van der Waals surface area contributed by atoms with E-state index < -0.39 is 5.41 Å². The Morgan fingerprint density at radius 3 is 2.52 bits per heavy atom. The molecule has 0 atom stereocenters. The Balaban J connectivity index is 2.02. The Bertz CT molecular complexity index is 612. The van der Waals surface area contributed by atoms with Crippen LogP contribution in [0.3, 0.4) is 0 Å². The van der Waals surface area contributed by atoms with Crippen LogP contribution in [0, 0.1) is 5.41 Å². The molecule has 0 bridgehead atoms. The number of hydrogen-bond donors (Lipinski definition) is 1. The van der Waals surface area contributed by atoms with Crippen LogP contribution in [0.4, 0.5) is 0 Å². The average Bonchev–Trinajstić information content (AvgIpc) is 2.92. The topological polar surface area (TPSA) is 77.3 Å². The molecule has 1 aromatic carbocycles. The third-order valence-corrected chi connectivity index (χ3v) is 2.90. The summed E-state index contributed by atoms with van der Waals surface area (Å²) in [6, 6.07) is 7.35. The second-order valence-corrected chi connectivity index (χ2v) is 5.67. The molecule has 2 rings (SSSR count). The predicted molar refractivity (Wildman–Crippen MR) is 77.6 cm³/mol. The summed E-state index contributed by atoms with van der Waals surface area (Å²) in [6.45, 7) is 5.76. The summed E-state index contributed by atoms with van der Waals surface area (Å²) in [4.78, 5) is 16.0. The molecule has 0 aliphatic heterocycles. The lowest BCUT2D eigenvalue weighted by molar-refractivity contribution is -0.128. The van der Waals surface area contributed by atoms with Gasteiger partial charge in [-0.1, -0.05) is 25.9 Å². The number of methoxy groups -OCH3 is 1. The summed E-state index contributed by atoms with van der Waals surface area (Å²) in [5.74, 6) is 1.56. The van der Waals surface area contributed by atoms with Gasteiger partial charge in [-0.25, -0.2) is 0 Å². The van der Waals surface area contributed by atoms with Crippen molar-refractivity contribution in [3.8, 4) is 17.1 Å². The van der Waals surface area contributed by atoms with Gasteiger partial charge in [-0.2, -0.15) is 4.98 Å². The molecular formula is C15H19N3O3. The van der Waals surface area contributed by atoms with Gasteiger partial charge in [-0.15, -0.1) is 0 Å². The van der Waals surface area contributed by atoms with Gasteiger partial charge in [0.15, 0.2) is 0 Å². The number of benzene rings is 1. The molecule has 0 aliphatic carbocycles. The second kappa shape index (κ2) is 5.95. The van der Waals surface area contributed by atoms with Gasteiger partial charge >= 0.3 is 0 Å². The Hall–Kier alpha value is -2.37. The summed E-state index contributed by atoms with van der Waals surface area (Å²) >= 11 is 0. The first-order valence-electron chi connectivity index (χ1n) is 6.65. The fraction of sp³-hybridized carbons (Fsp3) is 0.400. The van der Waals surface area contributed by atoms with Crippen molar-refractivity contribution in [1.29, 1.82) is 0 Å². The minimum absolute atomic E-state index is 0.0632. The number of rotatable bonds is 4. The molecule has 1 amide bonds. The van der Waals surface area contributed by atoms with Crippen LogP contribution >= 0.6 is 0 Å². The third-order valence-electron chi connectivity index (χ3n) is 2.90. The van der Waals surface area contributed by atoms with E-state index in [1.807, 2.05) is 45.0 Å². The molecule has 112 valence electrons. The molecule has 0 saturated heterocycles. The predicted octanol–water partition coefficient (Wildman–Crippen LogP) is 2.41. The van der Waals surface area contributed by atoms with E-state index in [0.29, 0.717) is 11.7 Å². The van der Waals surface area contributed by atoms with E-state index >= 15 is 0 Å². The Kier molecular flexibility index (Phi) is 4.26. The third kappa shape index (κ3) is 3.81. The van der Waals surface area contributed by atoms with Crippen LogP contribution in [-0.2, 0) is 11.3 Å². The molecule has 0 fully saturated rings. The number of carbonyl (C=O) groups is 1. The molecule has 2 aromatic rings. The monoisotopic (exact) mass is 289 g/mol. The maximum Gasteiger partial charge on any atom is 0.246 e. The maximum atomic E-state index is 11.8. The molecule has 1 N–H and O–H groups in total. The summed E-state index contributed by atoms with van der Waals surface area (Å²) in [7, 11) is 1.61. The van der Waals surface area contributed by atoms with Gasteiger partial charge in [0.2, 0.25) is 17.6 Å². The second-order valence-electron chi connectivity index (χ2n) is 5.67. The van der Waals surface area contributed by atoms with E-state index in [9.17, 15) is 4.79 Å². The summed E-state index contributed by atoms with van der Waals surface area (Å²) in [6.07, 6.45) is 0. The highest BCUT2D eigenvalue weighted by Gasteiger charge is 2.21. The number of amides is 1.